The Balaban J connectivity index is 0.00000533. The largest absolute Gasteiger partial charge is 0.882 e. The maximum atomic E-state index is 14.6. The van der Waals surface area contributed by atoms with Gasteiger partial charge in [0.1, 0.15) is 88.5 Å². The zero-order valence-corrected chi connectivity index (χ0v) is 40.4. The van der Waals surface area contributed by atoms with Crippen LogP contribution in [0.5, 0.6) is 57.5 Å². The summed E-state index contributed by atoms with van der Waals surface area (Å²) >= 11 is -2.29. The minimum absolute atomic E-state index is 0. The van der Waals surface area contributed by atoms with E-state index < -0.39 is 233 Å². The molecule has 0 spiro atoms. The summed E-state index contributed by atoms with van der Waals surface area (Å²) in [7, 11) is 1.90. The minimum Gasteiger partial charge on any atom is -0.613 e. The predicted octanol–water partition coefficient (Wildman–Crippen LogP) is -4.93. The molecular weight excluding hydrogens is 1050 g/mol. The first kappa shape index (κ1) is 59.4. The van der Waals surface area contributed by atoms with Crippen molar-refractivity contribution in [3.8, 4) is 57.5 Å². The first-order chi connectivity index (χ1) is 35.0. The van der Waals surface area contributed by atoms with Gasteiger partial charge in [-0.25, -0.2) is 9.59 Å². The second kappa shape index (κ2) is 23.2. The summed E-state index contributed by atoms with van der Waals surface area (Å²) in [5, 5.41) is 147. The van der Waals surface area contributed by atoms with Crippen molar-refractivity contribution in [2.75, 3.05) is 27.4 Å². The Kier molecular flexibility index (Phi) is 18.1. The van der Waals surface area contributed by atoms with Crippen molar-refractivity contribution < 1.29 is 147 Å². The SMILES string of the molecule is COc1c([O][Al][O]c2c(OC)c(OC3OC(CO)C(O)C(O)C3O)c(O)c3c2C(=[OH+])c2cc(O)c(C(=O)O)cc2C3=O)cc(C(=O)c2c(C=[OH+])cc(O)c(C(=O)O)c2C)c(O)c1OC1OC(CO)C(O)C(O)C1O.O.[OH3+]. The number of aldehydes is 1. The number of phenols is 4. The number of carbonyl (C=O) groups is 4. The van der Waals surface area contributed by atoms with Gasteiger partial charge in [0.05, 0.1) is 49.7 Å². The van der Waals surface area contributed by atoms with Crippen LogP contribution >= 0.6 is 0 Å². The van der Waals surface area contributed by atoms with E-state index in [2.05, 4.69) is 0 Å². The number of fused-ring (bicyclic) bond motifs is 2. The minimum atomic E-state index is -2.29. The third-order valence-corrected chi connectivity index (χ3v) is 12.9. The summed E-state index contributed by atoms with van der Waals surface area (Å²) in [5.41, 5.74) is -6.88. The number of carboxylic acids is 2. The average molecular weight is 1100 g/mol. The predicted molar refractivity (Wildman–Crippen MR) is 248 cm³/mol. The van der Waals surface area contributed by atoms with Crippen LogP contribution in [0.25, 0.3) is 0 Å². The first-order valence-corrected chi connectivity index (χ1v) is 22.3. The van der Waals surface area contributed by atoms with Crippen LogP contribution in [0.4, 0.5) is 0 Å². The number of hydrogen-bond donors (Lipinski definition) is 14. The second-order valence-corrected chi connectivity index (χ2v) is 17.1. The van der Waals surface area contributed by atoms with E-state index in [4.69, 9.17) is 36.0 Å². The number of methoxy groups -OCH3 is 2. The Bertz CT molecular complexity index is 2970. The Morgan fingerprint density at radius 2 is 1.20 bits per heavy atom. The molecule has 0 aromatic heterocycles. The van der Waals surface area contributed by atoms with Gasteiger partial charge < -0.3 is 118 Å². The molecule has 4 aromatic carbocycles. The van der Waals surface area contributed by atoms with Gasteiger partial charge in [0, 0.05) is 11.1 Å². The van der Waals surface area contributed by atoms with E-state index in [1.165, 1.54) is 0 Å². The van der Waals surface area contributed by atoms with Crippen molar-refractivity contribution in [2.45, 2.75) is 68.3 Å². The molecule has 2 fully saturated rings. The highest BCUT2D eigenvalue weighted by atomic mass is 27.2. The molecule has 2 heterocycles. The average Bonchev–Trinajstić information content (AvgIpc) is 3.36. The number of aliphatic hydroxyl groups excluding tert-OH is 8. The monoisotopic (exact) mass is 1100 g/mol. The van der Waals surface area contributed by atoms with Crippen molar-refractivity contribution in [3.63, 3.8) is 0 Å². The van der Waals surface area contributed by atoms with E-state index in [1.807, 2.05) is 0 Å². The molecule has 2 aliphatic heterocycles. The molecule has 0 bridgehead atoms. The Hall–Kier alpha value is -7.45. The zero-order chi connectivity index (χ0) is 54.5. The number of benzene rings is 4. The lowest BCUT2D eigenvalue weighted by atomic mass is 9.81. The molecule has 1 radical (unpaired) electrons. The molecule has 21 N–H and O–H groups in total. The third kappa shape index (κ3) is 10.1. The highest BCUT2D eigenvalue weighted by molar-refractivity contribution is 6.32. The topological polar surface area (TPSA) is 533 Å². The van der Waals surface area contributed by atoms with Crippen LogP contribution in [0, 0.1) is 6.92 Å². The molecule has 10 atom stereocenters. The van der Waals surface area contributed by atoms with Gasteiger partial charge in [-0.05, 0) is 36.8 Å². The standard InChI is InChI=1S/C23H24O14.C22H20O14.Al.2H2O/c1-7-13(8(5-24)3-10(26)14(7)22(33)34)15(28)9-4-11(27)20(35-2)21(16(9)29)37-23-19(32)18(31)17(30)12(6-25)36-23;1-34-19-15(28)10-11(12(25)5-2-7(21(32)33)8(24)3-6(5)13(10)26)16(29)20(19)36-22-18(31)17(30)14(27)9(4-23)35-22;;;/h3-5,12,17-19,23,25-27,29-32H,6H2,1-2H3,(H,33,34);2-3,9,14,17-18,22-24,27-31H,4H2,1H3,(H,32,33);;2*1H2/q;;+2;;/p+1. The molecule has 31 heteroatoms. The van der Waals surface area contributed by atoms with Crippen molar-refractivity contribution >= 4 is 51.5 Å². The summed E-state index contributed by atoms with van der Waals surface area (Å²) in [4.78, 5) is 75.0. The summed E-state index contributed by atoms with van der Waals surface area (Å²) in [6.45, 7) is -0.831. The molecule has 1 aliphatic carbocycles. The van der Waals surface area contributed by atoms with Crippen molar-refractivity contribution in [2.24, 2.45) is 0 Å². The molecule has 7 rings (SSSR count). The molecule has 30 nitrogen and oxygen atoms in total. The molecule has 3 aliphatic rings. The van der Waals surface area contributed by atoms with E-state index in [9.17, 15) is 100 Å². The van der Waals surface area contributed by atoms with E-state index in [0.29, 0.717) is 24.5 Å². The van der Waals surface area contributed by atoms with Crippen LogP contribution in [-0.4, -0.2) is 227 Å². The maximum Gasteiger partial charge on any atom is 0.882 e. The Morgan fingerprint density at radius 3 is 1.68 bits per heavy atom. The lowest BCUT2D eigenvalue weighted by Gasteiger charge is -2.39. The van der Waals surface area contributed by atoms with Gasteiger partial charge in [-0.15, -0.1) is 0 Å². The van der Waals surface area contributed by atoms with Gasteiger partial charge in [-0.3, -0.25) is 19.2 Å². The maximum absolute atomic E-state index is 14.6. The number of carboxylic acid groups (broad SMARTS) is 2. The van der Waals surface area contributed by atoms with Gasteiger partial charge in [0.2, 0.25) is 35.6 Å². The van der Waals surface area contributed by atoms with Gasteiger partial charge in [-0.2, -0.15) is 0 Å². The number of hydrogen-bond acceptors (Lipinski definition) is 24. The van der Waals surface area contributed by atoms with Crippen LogP contribution in [-0.2, 0) is 14.9 Å². The number of aliphatic hydroxyl groups is 8. The number of ether oxygens (including phenoxy) is 6. The second-order valence-electron chi connectivity index (χ2n) is 16.4. The lowest BCUT2D eigenvalue weighted by Crippen LogP contribution is -2.60. The molecule has 2 saturated heterocycles. The van der Waals surface area contributed by atoms with E-state index in [-0.39, 0.29) is 11.0 Å². The lowest BCUT2D eigenvalue weighted by molar-refractivity contribution is -0.277. The van der Waals surface area contributed by atoms with E-state index in [1.54, 1.807) is 0 Å². The summed E-state index contributed by atoms with van der Waals surface area (Å²) in [6, 6.07) is 2.86. The number of ketones is 3. The van der Waals surface area contributed by atoms with Crippen molar-refractivity contribution in [1.29, 1.82) is 0 Å². The zero-order valence-electron chi connectivity index (χ0n) is 39.3. The van der Waals surface area contributed by atoms with Crippen LogP contribution in [0.3, 0.4) is 0 Å². The van der Waals surface area contributed by atoms with Crippen LogP contribution in [0.15, 0.2) is 24.3 Å². The van der Waals surface area contributed by atoms with Crippen LogP contribution < -0.4 is 26.5 Å². The highest BCUT2D eigenvalue weighted by Crippen LogP contribution is 2.54. The van der Waals surface area contributed by atoms with Crippen LogP contribution in [0.1, 0.15) is 74.8 Å². The Morgan fingerprint density at radius 1 is 0.658 bits per heavy atom. The summed E-state index contributed by atoms with van der Waals surface area (Å²) in [6.07, 6.45) is -19.3. The molecule has 0 amide bonds. The summed E-state index contributed by atoms with van der Waals surface area (Å²) < 4.78 is 45.3. The van der Waals surface area contributed by atoms with Gasteiger partial charge in [0.25, 0.3) is 0 Å². The fourth-order valence-corrected chi connectivity index (χ4v) is 9.07. The fourth-order valence-electron chi connectivity index (χ4n) is 8.43. The van der Waals surface area contributed by atoms with Gasteiger partial charge >= 0.3 is 39.9 Å². The smallest absolute Gasteiger partial charge is 0.613 e. The molecule has 4 aromatic rings. The third-order valence-electron chi connectivity index (χ3n) is 12.2. The first-order valence-electron chi connectivity index (χ1n) is 21.3. The molecular formula is C45H49AlO30+3. The molecule has 76 heavy (non-hydrogen) atoms. The van der Waals surface area contributed by atoms with Crippen LogP contribution in [0.2, 0.25) is 0 Å². The fraction of sp³-hybridized carbons (Fsp3) is 0.333. The number of aromatic carboxylic acids is 2. The molecule has 10 unspecified atom stereocenters. The summed E-state index contributed by atoms with van der Waals surface area (Å²) in [5.74, 6) is -16.1. The van der Waals surface area contributed by atoms with Crippen molar-refractivity contribution in [1.82, 2.24) is 0 Å². The normalized spacial score (nSPS) is 23.6. The van der Waals surface area contributed by atoms with E-state index in [0.717, 1.165) is 27.2 Å². The number of rotatable bonds is 17. The number of carbonyl (C=O) groups excluding carboxylic acids is 4. The van der Waals surface area contributed by atoms with Gasteiger partial charge in [0.15, 0.2) is 23.1 Å². The van der Waals surface area contributed by atoms with E-state index >= 15 is 0 Å². The quantitative estimate of drug-likeness (QED) is 0.0180. The Labute approximate surface area is 430 Å². The highest BCUT2D eigenvalue weighted by Gasteiger charge is 2.49. The molecule has 409 valence electrons. The molecule has 0 saturated carbocycles. The number of phenolic OH excluding ortho intramolecular Hbond substituents is 2. The van der Waals surface area contributed by atoms with Gasteiger partial charge in [-0.1, -0.05) is 0 Å². The van der Waals surface area contributed by atoms with Crippen molar-refractivity contribution in [3.05, 3.63) is 79.9 Å². The number of aromatic hydroxyl groups is 4.